The van der Waals surface area contributed by atoms with Crippen molar-refractivity contribution >= 4 is 17.0 Å². The molecule has 1 amide bonds. The number of rotatable bonds is 3. The molecule has 0 fully saturated rings. The zero-order valence-electron chi connectivity index (χ0n) is 12.3. The molecule has 0 aliphatic carbocycles. The molecule has 0 aliphatic rings. The summed E-state index contributed by atoms with van der Waals surface area (Å²) >= 11 is 0. The molecule has 3 aromatic rings. The predicted octanol–water partition coefficient (Wildman–Crippen LogP) is 3.74. The van der Waals surface area contributed by atoms with Crippen LogP contribution in [0, 0.1) is 0 Å². The first kappa shape index (κ1) is 14.3. The molecular formula is C17H16N2O3. The van der Waals surface area contributed by atoms with E-state index in [4.69, 9.17) is 9.62 Å². The SMILES string of the molecule is CC(C)c1ccc(-c2nc3ccc(C(=O)NO)cc3o2)cc1. The van der Waals surface area contributed by atoms with Gasteiger partial charge in [-0.05, 0) is 41.8 Å². The fraction of sp³-hybridized carbons (Fsp3) is 0.176. The second-order valence-electron chi connectivity index (χ2n) is 5.42. The van der Waals surface area contributed by atoms with Crippen LogP contribution in [-0.2, 0) is 0 Å². The lowest BCUT2D eigenvalue weighted by Gasteiger charge is -2.04. The molecular weight excluding hydrogens is 280 g/mol. The van der Waals surface area contributed by atoms with Gasteiger partial charge in [-0.15, -0.1) is 0 Å². The van der Waals surface area contributed by atoms with E-state index in [1.807, 2.05) is 12.1 Å². The minimum Gasteiger partial charge on any atom is -0.436 e. The van der Waals surface area contributed by atoms with Gasteiger partial charge in [0.25, 0.3) is 5.91 Å². The van der Waals surface area contributed by atoms with Gasteiger partial charge < -0.3 is 4.42 Å². The first-order valence-corrected chi connectivity index (χ1v) is 7.04. The van der Waals surface area contributed by atoms with Gasteiger partial charge in [0.2, 0.25) is 5.89 Å². The number of oxazole rings is 1. The zero-order chi connectivity index (χ0) is 15.7. The third-order valence-corrected chi connectivity index (χ3v) is 3.58. The molecule has 0 atom stereocenters. The van der Waals surface area contributed by atoms with E-state index in [9.17, 15) is 4.79 Å². The highest BCUT2D eigenvalue weighted by atomic mass is 16.5. The molecule has 1 heterocycles. The van der Waals surface area contributed by atoms with Crippen LogP contribution < -0.4 is 5.48 Å². The number of hydrogen-bond acceptors (Lipinski definition) is 4. The van der Waals surface area contributed by atoms with E-state index in [0.717, 1.165) is 5.56 Å². The maximum absolute atomic E-state index is 11.4. The summed E-state index contributed by atoms with van der Waals surface area (Å²) in [6.45, 7) is 4.28. The Labute approximate surface area is 127 Å². The predicted molar refractivity (Wildman–Crippen MR) is 82.8 cm³/mol. The quantitative estimate of drug-likeness (QED) is 0.570. The van der Waals surface area contributed by atoms with Crippen LogP contribution in [0.1, 0.15) is 35.7 Å². The van der Waals surface area contributed by atoms with Crippen LogP contribution >= 0.6 is 0 Å². The van der Waals surface area contributed by atoms with Gasteiger partial charge in [0.05, 0.1) is 0 Å². The molecule has 5 heteroatoms. The van der Waals surface area contributed by atoms with Crippen molar-refractivity contribution in [1.82, 2.24) is 10.5 Å². The molecule has 0 radical (unpaired) electrons. The monoisotopic (exact) mass is 296 g/mol. The Balaban J connectivity index is 1.99. The topological polar surface area (TPSA) is 75.4 Å². The van der Waals surface area contributed by atoms with Crippen molar-refractivity contribution in [2.75, 3.05) is 0 Å². The normalized spacial score (nSPS) is 11.1. The number of fused-ring (bicyclic) bond motifs is 1. The molecule has 112 valence electrons. The maximum atomic E-state index is 11.4. The third kappa shape index (κ3) is 2.58. The van der Waals surface area contributed by atoms with Crippen LogP contribution in [0.4, 0.5) is 0 Å². The van der Waals surface area contributed by atoms with Crippen molar-refractivity contribution in [3.05, 3.63) is 53.6 Å². The number of nitrogens with zero attached hydrogens (tertiary/aromatic N) is 1. The minimum absolute atomic E-state index is 0.313. The number of nitrogens with one attached hydrogen (secondary N) is 1. The van der Waals surface area contributed by atoms with Gasteiger partial charge in [-0.2, -0.15) is 0 Å². The van der Waals surface area contributed by atoms with Crippen molar-refractivity contribution in [3.8, 4) is 11.5 Å². The highest BCUT2D eigenvalue weighted by Gasteiger charge is 2.11. The standard InChI is InChI=1S/C17H16N2O3/c1-10(2)11-3-5-12(6-4-11)17-18-14-8-7-13(16(20)19-21)9-15(14)22-17/h3-10,21H,1-2H3,(H,19,20). The van der Waals surface area contributed by atoms with E-state index in [1.54, 1.807) is 23.7 Å². The second-order valence-corrected chi connectivity index (χ2v) is 5.42. The summed E-state index contributed by atoms with van der Waals surface area (Å²) in [4.78, 5) is 15.8. The fourth-order valence-corrected chi connectivity index (χ4v) is 2.26. The summed E-state index contributed by atoms with van der Waals surface area (Å²) in [5.74, 6) is 0.394. The van der Waals surface area contributed by atoms with Crippen molar-refractivity contribution in [1.29, 1.82) is 0 Å². The van der Waals surface area contributed by atoms with E-state index in [1.165, 1.54) is 5.56 Å². The van der Waals surface area contributed by atoms with Crippen LogP contribution in [0.2, 0.25) is 0 Å². The summed E-state index contributed by atoms with van der Waals surface area (Å²) < 4.78 is 5.72. The van der Waals surface area contributed by atoms with Gasteiger partial charge in [-0.25, -0.2) is 10.5 Å². The largest absolute Gasteiger partial charge is 0.436 e. The Morgan fingerprint density at radius 1 is 1.18 bits per heavy atom. The van der Waals surface area contributed by atoms with Crippen molar-refractivity contribution < 1.29 is 14.4 Å². The van der Waals surface area contributed by atoms with Crippen molar-refractivity contribution in [2.24, 2.45) is 0 Å². The van der Waals surface area contributed by atoms with Crippen molar-refractivity contribution in [3.63, 3.8) is 0 Å². The molecule has 0 saturated heterocycles. The number of amides is 1. The van der Waals surface area contributed by atoms with Crippen LogP contribution in [0.3, 0.4) is 0 Å². The molecule has 0 aliphatic heterocycles. The number of hydrogen-bond donors (Lipinski definition) is 2. The maximum Gasteiger partial charge on any atom is 0.274 e. The molecule has 5 nitrogen and oxygen atoms in total. The van der Waals surface area contributed by atoms with Gasteiger partial charge in [0, 0.05) is 11.1 Å². The highest BCUT2D eigenvalue weighted by Crippen LogP contribution is 2.26. The molecule has 2 aromatic carbocycles. The zero-order valence-corrected chi connectivity index (χ0v) is 12.3. The summed E-state index contributed by atoms with van der Waals surface area (Å²) in [7, 11) is 0. The van der Waals surface area contributed by atoms with Crippen LogP contribution in [0.5, 0.6) is 0 Å². The summed E-state index contributed by atoms with van der Waals surface area (Å²) in [5, 5.41) is 8.67. The molecule has 0 spiro atoms. The fourth-order valence-electron chi connectivity index (χ4n) is 2.26. The van der Waals surface area contributed by atoms with E-state index in [2.05, 4.69) is 31.0 Å². The van der Waals surface area contributed by atoms with Gasteiger partial charge >= 0.3 is 0 Å². The Kier molecular flexibility index (Phi) is 3.65. The van der Waals surface area contributed by atoms with E-state index in [-0.39, 0.29) is 0 Å². The summed E-state index contributed by atoms with van der Waals surface area (Å²) in [6, 6.07) is 12.9. The van der Waals surface area contributed by atoms with E-state index in [0.29, 0.717) is 28.5 Å². The van der Waals surface area contributed by atoms with Crippen LogP contribution in [0.25, 0.3) is 22.6 Å². The summed E-state index contributed by atoms with van der Waals surface area (Å²) in [6.07, 6.45) is 0. The van der Waals surface area contributed by atoms with E-state index >= 15 is 0 Å². The number of aromatic nitrogens is 1. The Morgan fingerprint density at radius 2 is 1.91 bits per heavy atom. The molecule has 22 heavy (non-hydrogen) atoms. The number of hydroxylamine groups is 1. The molecule has 0 saturated carbocycles. The second kappa shape index (κ2) is 5.61. The first-order chi connectivity index (χ1) is 10.6. The molecule has 0 unspecified atom stereocenters. The molecule has 2 N–H and O–H groups in total. The highest BCUT2D eigenvalue weighted by molar-refractivity contribution is 5.96. The van der Waals surface area contributed by atoms with Gasteiger partial charge in [-0.1, -0.05) is 26.0 Å². The number of carbonyl (C=O) groups excluding carboxylic acids is 1. The molecule has 0 bridgehead atoms. The molecule has 3 rings (SSSR count). The Hall–Kier alpha value is -2.66. The average molecular weight is 296 g/mol. The number of benzene rings is 2. The van der Waals surface area contributed by atoms with Crippen LogP contribution in [-0.4, -0.2) is 16.1 Å². The molecule has 1 aromatic heterocycles. The first-order valence-electron chi connectivity index (χ1n) is 7.04. The third-order valence-electron chi connectivity index (χ3n) is 3.58. The van der Waals surface area contributed by atoms with Crippen LogP contribution in [0.15, 0.2) is 46.9 Å². The number of carbonyl (C=O) groups is 1. The van der Waals surface area contributed by atoms with E-state index < -0.39 is 5.91 Å². The van der Waals surface area contributed by atoms with Crippen molar-refractivity contribution in [2.45, 2.75) is 19.8 Å². The lowest BCUT2D eigenvalue weighted by molar-refractivity contribution is 0.0706. The minimum atomic E-state index is -0.582. The average Bonchev–Trinajstić information content (AvgIpc) is 2.97. The van der Waals surface area contributed by atoms with Gasteiger partial charge in [-0.3, -0.25) is 10.0 Å². The van der Waals surface area contributed by atoms with Gasteiger partial charge in [0.1, 0.15) is 5.52 Å². The van der Waals surface area contributed by atoms with Gasteiger partial charge in [0.15, 0.2) is 5.58 Å². The Morgan fingerprint density at radius 3 is 2.55 bits per heavy atom. The smallest absolute Gasteiger partial charge is 0.274 e. The lowest BCUT2D eigenvalue weighted by Crippen LogP contribution is -2.18. The Bertz CT molecular complexity index is 820. The lowest BCUT2D eigenvalue weighted by atomic mass is 10.0. The summed E-state index contributed by atoms with van der Waals surface area (Å²) in [5.41, 5.74) is 5.22.